The van der Waals surface area contributed by atoms with Crippen LogP contribution in [0.2, 0.25) is 0 Å². The molecule has 0 saturated heterocycles. The number of rotatable bonds is 6. The topological polar surface area (TPSA) is 41.7 Å². The summed E-state index contributed by atoms with van der Waals surface area (Å²) in [5, 5.41) is 8.51. The van der Waals surface area contributed by atoms with E-state index in [0.29, 0.717) is 0 Å². The second-order valence-electron chi connectivity index (χ2n) is 4.35. The monoisotopic (exact) mass is 243 g/mol. The molecule has 3 nitrogen and oxygen atoms in total. The second-order valence-corrected chi connectivity index (χ2v) is 4.35. The van der Waals surface area contributed by atoms with Crippen molar-refractivity contribution in [3.63, 3.8) is 0 Å². The van der Waals surface area contributed by atoms with Gasteiger partial charge in [-0.1, -0.05) is 18.2 Å². The highest BCUT2D eigenvalue weighted by molar-refractivity contribution is 5.66. The molecule has 0 bridgehead atoms. The first-order valence-corrected chi connectivity index (χ1v) is 6.21. The molecule has 0 aromatic carbocycles. The molecule has 0 saturated carbocycles. The fourth-order valence-electron chi connectivity index (χ4n) is 1.93. The number of pyridine rings is 1. The molecular formula is C15H17NO2. The molecule has 0 atom stereocenters. The number of aliphatic carboxylic acids is 1. The quantitative estimate of drug-likeness (QED) is 0.788. The van der Waals surface area contributed by atoms with E-state index in [2.05, 4.69) is 34.9 Å². The summed E-state index contributed by atoms with van der Waals surface area (Å²) in [5.74, 6) is -0.710. The minimum Gasteiger partial charge on any atom is -0.481 e. The van der Waals surface area contributed by atoms with Crippen LogP contribution in [0.15, 0.2) is 42.7 Å². The van der Waals surface area contributed by atoms with E-state index in [9.17, 15) is 4.79 Å². The zero-order chi connectivity index (χ0) is 12.8. The van der Waals surface area contributed by atoms with Crippen LogP contribution in [0.3, 0.4) is 0 Å². The fraction of sp³-hybridized carbons (Fsp3) is 0.267. The lowest BCUT2D eigenvalue weighted by Gasteiger charge is -1.92. The zero-order valence-corrected chi connectivity index (χ0v) is 10.2. The van der Waals surface area contributed by atoms with Crippen molar-refractivity contribution in [2.45, 2.75) is 25.7 Å². The third-order valence-electron chi connectivity index (χ3n) is 2.85. The Morgan fingerprint density at radius 2 is 2.22 bits per heavy atom. The molecule has 18 heavy (non-hydrogen) atoms. The summed E-state index contributed by atoms with van der Waals surface area (Å²) < 4.78 is 2.09. The standard InChI is InChI=1S/C15H17NO2/c17-15(18)9-4-2-1-3-7-13-11-14-8-5-6-10-16(14)12-13/h3,5-8,10-12H,1-2,4,9H2,(H,17,18)/b7-3+. The summed E-state index contributed by atoms with van der Waals surface area (Å²) in [5.41, 5.74) is 2.36. The molecule has 0 radical (unpaired) electrons. The Bertz CT molecular complexity index is 521. The van der Waals surface area contributed by atoms with Gasteiger partial charge in [0.15, 0.2) is 0 Å². The molecule has 0 aliphatic heterocycles. The molecule has 3 heteroatoms. The molecule has 2 aromatic rings. The molecule has 0 spiro atoms. The van der Waals surface area contributed by atoms with Gasteiger partial charge in [0.05, 0.1) is 0 Å². The first-order valence-electron chi connectivity index (χ1n) is 6.21. The van der Waals surface area contributed by atoms with Crippen molar-refractivity contribution >= 4 is 17.6 Å². The molecule has 2 heterocycles. The van der Waals surface area contributed by atoms with Crippen LogP contribution >= 0.6 is 0 Å². The van der Waals surface area contributed by atoms with Crippen LogP contribution in [-0.4, -0.2) is 15.5 Å². The van der Waals surface area contributed by atoms with Gasteiger partial charge < -0.3 is 9.51 Å². The van der Waals surface area contributed by atoms with Crippen molar-refractivity contribution < 1.29 is 9.90 Å². The van der Waals surface area contributed by atoms with Crippen LogP contribution in [0.5, 0.6) is 0 Å². The maximum atomic E-state index is 10.3. The molecule has 94 valence electrons. The Hall–Kier alpha value is -2.03. The van der Waals surface area contributed by atoms with Crippen LogP contribution in [0.1, 0.15) is 31.2 Å². The lowest BCUT2D eigenvalue weighted by atomic mass is 10.1. The van der Waals surface area contributed by atoms with Crippen molar-refractivity contribution in [3.8, 4) is 0 Å². The fourth-order valence-corrected chi connectivity index (χ4v) is 1.93. The summed E-state index contributed by atoms with van der Waals surface area (Å²) >= 11 is 0. The van der Waals surface area contributed by atoms with Crippen molar-refractivity contribution in [3.05, 3.63) is 48.3 Å². The maximum absolute atomic E-state index is 10.3. The number of carboxylic acids is 1. The van der Waals surface area contributed by atoms with Crippen molar-refractivity contribution in [2.75, 3.05) is 0 Å². The van der Waals surface area contributed by atoms with Crippen LogP contribution < -0.4 is 0 Å². The molecule has 0 aliphatic carbocycles. The molecule has 1 N–H and O–H groups in total. The van der Waals surface area contributed by atoms with Crippen LogP contribution in [-0.2, 0) is 4.79 Å². The smallest absolute Gasteiger partial charge is 0.303 e. The van der Waals surface area contributed by atoms with E-state index >= 15 is 0 Å². The van der Waals surface area contributed by atoms with Gasteiger partial charge in [-0.3, -0.25) is 4.79 Å². The molecule has 0 amide bonds. The maximum Gasteiger partial charge on any atom is 0.303 e. The first-order chi connectivity index (χ1) is 8.75. The number of hydrogen-bond donors (Lipinski definition) is 1. The molecule has 0 fully saturated rings. The molecule has 2 aromatic heterocycles. The zero-order valence-electron chi connectivity index (χ0n) is 10.2. The number of nitrogens with zero attached hydrogens (tertiary/aromatic N) is 1. The molecule has 0 unspecified atom stereocenters. The largest absolute Gasteiger partial charge is 0.481 e. The van der Waals surface area contributed by atoms with Gasteiger partial charge in [-0.25, -0.2) is 0 Å². The highest BCUT2D eigenvalue weighted by atomic mass is 16.4. The number of carbonyl (C=O) groups is 1. The minimum absolute atomic E-state index is 0.268. The van der Waals surface area contributed by atoms with E-state index in [1.807, 2.05) is 18.3 Å². The third kappa shape index (κ3) is 3.48. The first kappa shape index (κ1) is 12.4. The van der Waals surface area contributed by atoms with Crippen molar-refractivity contribution in [2.24, 2.45) is 0 Å². The summed E-state index contributed by atoms with van der Waals surface area (Å²) in [6, 6.07) is 8.24. The minimum atomic E-state index is -0.710. The van der Waals surface area contributed by atoms with Gasteiger partial charge in [-0.15, -0.1) is 0 Å². The Labute approximate surface area is 106 Å². The normalized spacial score (nSPS) is 11.3. The summed E-state index contributed by atoms with van der Waals surface area (Å²) in [6.45, 7) is 0. The van der Waals surface area contributed by atoms with Crippen molar-refractivity contribution in [1.82, 2.24) is 4.40 Å². The number of fused-ring (bicyclic) bond motifs is 1. The highest BCUT2D eigenvalue weighted by Crippen LogP contribution is 2.12. The van der Waals surface area contributed by atoms with Gasteiger partial charge in [-0.2, -0.15) is 0 Å². The van der Waals surface area contributed by atoms with Gasteiger partial charge in [0.25, 0.3) is 0 Å². The van der Waals surface area contributed by atoms with Crippen LogP contribution in [0.25, 0.3) is 11.6 Å². The summed E-state index contributed by atoms with van der Waals surface area (Å²) in [7, 11) is 0. The Morgan fingerprint density at radius 3 is 3.00 bits per heavy atom. The number of hydrogen-bond acceptors (Lipinski definition) is 1. The number of unbranched alkanes of at least 4 members (excludes halogenated alkanes) is 2. The summed E-state index contributed by atoms with van der Waals surface area (Å²) in [4.78, 5) is 10.3. The highest BCUT2D eigenvalue weighted by Gasteiger charge is 1.96. The van der Waals surface area contributed by atoms with E-state index in [1.54, 1.807) is 0 Å². The predicted molar refractivity (Wildman–Crippen MR) is 72.5 cm³/mol. The van der Waals surface area contributed by atoms with E-state index in [-0.39, 0.29) is 6.42 Å². The molecular weight excluding hydrogens is 226 g/mol. The van der Waals surface area contributed by atoms with E-state index in [0.717, 1.165) is 19.3 Å². The van der Waals surface area contributed by atoms with Gasteiger partial charge in [0.2, 0.25) is 0 Å². The number of carboxylic acid groups (broad SMARTS) is 1. The van der Waals surface area contributed by atoms with E-state index in [4.69, 9.17) is 5.11 Å². The van der Waals surface area contributed by atoms with Crippen molar-refractivity contribution in [1.29, 1.82) is 0 Å². The van der Waals surface area contributed by atoms with E-state index in [1.165, 1.54) is 11.1 Å². The van der Waals surface area contributed by atoms with Crippen LogP contribution in [0.4, 0.5) is 0 Å². The summed E-state index contributed by atoms with van der Waals surface area (Å²) in [6.07, 6.45) is 11.2. The van der Waals surface area contributed by atoms with Gasteiger partial charge in [-0.05, 0) is 43.0 Å². The number of allylic oxidation sites excluding steroid dienone is 1. The second kappa shape index (κ2) is 6.05. The van der Waals surface area contributed by atoms with E-state index < -0.39 is 5.97 Å². The SMILES string of the molecule is O=C(O)CCCC/C=C/c1cc2ccccn2c1. The predicted octanol–water partition coefficient (Wildman–Crippen LogP) is 3.60. The Morgan fingerprint density at radius 1 is 1.33 bits per heavy atom. The van der Waals surface area contributed by atoms with Gasteiger partial charge in [0, 0.05) is 24.3 Å². The van der Waals surface area contributed by atoms with Gasteiger partial charge in [0.1, 0.15) is 0 Å². The lowest BCUT2D eigenvalue weighted by molar-refractivity contribution is -0.137. The molecule has 2 rings (SSSR count). The number of aromatic nitrogens is 1. The Kier molecular flexibility index (Phi) is 4.18. The average Bonchev–Trinajstić information content (AvgIpc) is 2.75. The Balaban J connectivity index is 1.83. The average molecular weight is 243 g/mol. The van der Waals surface area contributed by atoms with Gasteiger partial charge >= 0.3 is 5.97 Å². The van der Waals surface area contributed by atoms with Crippen LogP contribution in [0, 0.1) is 0 Å². The lowest BCUT2D eigenvalue weighted by Crippen LogP contribution is -1.92. The third-order valence-corrected chi connectivity index (χ3v) is 2.85. The molecule has 0 aliphatic rings.